The van der Waals surface area contributed by atoms with E-state index < -0.39 is 17.7 Å². The van der Waals surface area contributed by atoms with Crippen molar-refractivity contribution in [1.29, 1.82) is 0 Å². The van der Waals surface area contributed by atoms with Crippen LogP contribution in [-0.2, 0) is 22.5 Å². The van der Waals surface area contributed by atoms with Gasteiger partial charge in [0.15, 0.2) is 0 Å². The minimum Gasteiger partial charge on any atom is -0.497 e. The van der Waals surface area contributed by atoms with E-state index in [1.807, 2.05) is 0 Å². The van der Waals surface area contributed by atoms with Gasteiger partial charge in [-0.1, -0.05) is 0 Å². The average molecular weight is 445 g/mol. The number of nitrogens with two attached hydrogens (primary N) is 1. The van der Waals surface area contributed by atoms with Crippen LogP contribution < -0.4 is 10.5 Å². The van der Waals surface area contributed by atoms with Crippen LogP contribution in [0, 0.1) is 0 Å². The molecule has 0 aliphatic carbocycles. The molecule has 2 aliphatic heterocycles. The van der Waals surface area contributed by atoms with Gasteiger partial charge in [-0.25, -0.2) is 4.79 Å². The smallest absolute Gasteiger partial charge is 0.341 e. The molecule has 2 aliphatic rings. The molecule has 2 amide bonds. The van der Waals surface area contributed by atoms with Gasteiger partial charge in [-0.3, -0.25) is 14.5 Å². The Morgan fingerprint density at radius 2 is 1.97 bits per heavy atom. The van der Waals surface area contributed by atoms with Crippen molar-refractivity contribution in [3.8, 4) is 5.75 Å². The molecule has 0 fully saturated rings. The molecule has 0 bridgehead atoms. The van der Waals surface area contributed by atoms with Crippen molar-refractivity contribution in [3.05, 3.63) is 45.3 Å². The van der Waals surface area contributed by atoms with Gasteiger partial charge in [-0.15, -0.1) is 11.3 Å². The number of hydrogen-bond acceptors (Lipinski definition) is 8. The van der Waals surface area contributed by atoms with Crippen LogP contribution in [0.1, 0.15) is 62.3 Å². The number of nitrogen functional groups attached to an aromatic ring is 1. The second-order valence-corrected chi connectivity index (χ2v) is 9.65. The maximum atomic E-state index is 12.8. The van der Waals surface area contributed by atoms with Crippen LogP contribution in [0.3, 0.4) is 0 Å². The maximum Gasteiger partial charge on any atom is 0.341 e. The van der Waals surface area contributed by atoms with Gasteiger partial charge in [-0.2, -0.15) is 0 Å². The number of thiophene rings is 1. The Balaban J connectivity index is 1.54. The Morgan fingerprint density at radius 3 is 2.65 bits per heavy atom. The zero-order chi connectivity index (χ0) is 22.5. The van der Waals surface area contributed by atoms with Crippen molar-refractivity contribution in [1.82, 2.24) is 4.90 Å². The molecule has 3 heterocycles. The van der Waals surface area contributed by atoms with Gasteiger partial charge in [0.1, 0.15) is 16.4 Å². The van der Waals surface area contributed by atoms with E-state index in [9.17, 15) is 14.4 Å². The maximum absolute atomic E-state index is 12.8. The highest BCUT2D eigenvalue weighted by Crippen LogP contribution is 2.37. The summed E-state index contributed by atoms with van der Waals surface area (Å²) in [5.41, 5.74) is 7.25. The van der Waals surface area contributed by atoms with Crippen molar-refractivity contribution in [2.24, 2.45) is 0 Å². The van der Waals surface area contributed by atoms with Crippen LogP contribution in [0.15, 0.2) is 18.2 Å². The molecule has 9 heteroatoms. The Kier molecular flexibility index (Phi) is 5.26. The lowest BCUT2D eigenvalue weighted by Crippen LogP contribution is -2.40. The third-order valence-electron chi connectivity index (χ3n) is 5.17. The van der Waals surface area contributed by atoms with Gasteiger partial charge in [-0.05, 0) is 44.5 Å². The van der Waals surface area contributed by atoms with E-state index in [-0.39, 0.29) is 25.0 Å². The molecule has 0 radical (unpaired) electrons. The predicted octanol–water partition coefficient (Wildman–Crippen LogP) is 3.03. The largest absolute Gasteiger partial charge is 0.497 e. The van der Waals surface area contributed by atoms with Crippen LogP contribution in [0.4, 0.5) is 5.00 Å². The second kappa shape index (κ2) is 7.65. The lowest BCUT2D eigenvalue weighted by Gasteiger charge is -2.27. The van der Waals surface area contributed by atoms with E-state index in [0.29, 0.717) is 33.9 Å². The van der Waals surface area contributed by atoms with Gasteiger partial charge in [0.25, 0.3) is 11.8 Å². The van der Waals surface area contributed by atoms with Gasteiger partial charge < -0.3 is 19.9 Å². The molecule has 1 aromatic heterocycles. The summed E-state index contributed by atoms with van der Waals surface area (Å²) >= 11 is 1.30. The van der Waals surface area contributed by atoms with E-state index >= 15 is 0 Å². The fraction of sp³-hybridized carbons (Fsp3) is 0.409. The number of nitrogens with zero attached hydrogens (tertiary/aromatic N) is 1. The molecule has 8 nitrogen and oxygen atoms in total. The summed E-state index contributed by atoms with van der Waals surface area (Å²) in [6.45, 7) is 5.72. The number of benzene rings is 1. The van der Waals surface area contributed by atoms with Crippen molar-refractivity contribution < 1.29 is 28.6 Å². The Morgan fingerprint density at radius 1 is 1.26 bits per heavy atom. The fourth-order valence-corrected chi connectivity index (χ4v) is 4.79. The highest BCUT2D eigenvalue weighted by atomic mass is 32.1. The first-order chi connectivity index (χ1) is 14.6. The summed E-state index contributed by atoms with van der Waals surface area (Å²) in [5.74, 6) is -0.716. The van der Waals surface area contributed by atoms with Crippen LogP contribution >= 0.6 is 11.3 Å². The van der Waals surface area contributed by atoms with E-state index in [1.54, 1.807) is 39.0 Å². The van der Waals surface area contributed by atoms with Gasteiger partial charge in [0.2, 0.25) is 0 Å². The number of amides is 2. The molecule has 4 rings (SSSR count). The normalized spacial score (nSPS) is 18.1. The first kappa shape index (κ1) is 21.3. The number of carbonyl (C=O) groups is 3. The zero-order valence-electron chi connectivity index (χ0n) is 17.8. The number of carbonyl (C=O) groups excluding carboxylic acids is 3. The highest BCUT2D eigenvalue weighted by molar-refractivity contribution is 7.16. The zero-order valence-corrected chi connectivity index (χ0v) is 18.6. The molecule has 0 saturated heterocycles. The highest BCUT2D eigenvalue weighted by Gasteiger charge is 2.39. The monoisotopic (exact) mass is 444 g/mol. The molecule has 164 valence electrons. The van der Waals surface area contributed by atoms with Crippen molar-refractivity contribution in [3.63, 3.8) is 0 Å². The number of hydrogen-bond donors (Lipinski definition) is 1. The molecular weight excluding hydrogens is 420 g/mol. The minimum atomic E-state index is -0.649. The lowest BCUT2D eigenvalue weighted by atomic mass is 10.0. The van der Waals surface area contributed by atoms with Gasteiger partial charge >= 0.3 is 5.97 Å². The van der Waals surface area contributed by atoms with E-state index in [1.165, 1.54) is 23.3 Å². The molecule has 31 heavy (non-hydrogen) atoms. The number of methoxy groups -OCH3 is 1. The van der Waals surface area contributed by atoms with E-state index in [0.717, 1.165) is 10.4 Å². The molecule has 0 spiro atoms. The minimum absolute atomic E-state index is 0.0810. The van der Waals surface area contributed by atoms with Crippen LogP contribution in [0.25, 0.3) is 0 Å². The molecule has 1 atom stereocenters. The lowest BCUT2D eigenvalue weighted by molar-refractivity contribution is 0.00352. The first-order valence-electron chi connectivity index (χ1n) is 9.88. The summed E-state index contributed by atoms with van der Waals surface area (Å²) in [5, 5.41) is 0.385. The fourth-order valence-electron chi connectivity index (χ4n) is 3.78. The van der Waals surface area contributed by atoms with Gasteiger partial charge in [0.05, 0.1) is 43.1 Å². The summed E-state index contributed by atoms with van der Waals surface area (Å²) in [7, 11) is 1.50. The Labute approximate surface area is 183 Å². The first-order valence-corrected chi connectivity index (χ1v) is 10.7. The average Bonchev–Trinajstić information content (AvgIpc) is 3.14. The van der Waals surface area contributed by atoms with Crippen molar-refractivity contribution >= 4 is 34.1 Å². The number of ether oxygens (including phenoxy) is 3. The third-order valence-corrected chi connectivity index (χ3v) is 6.20. The standard InChI is InChI=1S/C22H24N2O6S/c1-22(2,3)30-21(27)17-15-8-12(29-10-16(15)31-18(17)23)9-24-19(25)13-6-5-11(28-4)7-14(13)20(24)26/h5-7,12H,8-10,23H2,1-4H3. The van der Waals surface area contributed by atoms with Crippen LogP contribution in [0.5, 0.6) is 5.75 Å². The summed E-state index contributed by atoms with van der Waals surface area (Å²) < 4.78 is 16.6. The molecule has 2 aromatic rings. The summed E-state index contributed by atoms with van der Waals surface area (Å²) in [6.07, 6.45) is -0.0966. The number of anilines is 1. The van der Waals surface area contributed by atoms with Crippen molar-refractivity contribution in [2.45, 2.75) is 45.5 Å². The number of esters is 1. The van der Waals surface area contributed by atoms with Gasteiger partial charge in [0, 0.05) is 11.3 Å². The summed E-state index contributed by atoms with van der Waals surface area (Å²) in [6, 6.07) is 4.81. The molecule has 2 N–H and O–H groups in total. The van der Waals surface area contributed by atoms with Crippen LogP contribution in [-0.4, -0.2) is 48.0 Å². The molecule has 1 aromatic carbocycles. The Hall–Kier alpha value is -2.91. The third kappa shape index (κ3) is 3.90. The molecule has 0 saturated carbocycles. The van der Waals surface area contributed by atoms with E-state index in [4.69, 9.17) is 19.9 Å². The Bertz CT molecular complexity index is 1080. The SMILES string of the molecule is COc1ccc2c(c1)C(=O)N(CC1Cc3c(sc(N)c3C(=O)OC(C)(C)C)CO1)C2=O. The molecule has 1 unspecified atom stereocenters. The van der Waals surface area contributed by atoms with Crippen LogP contribution in [0.2, 0.25) is 0 Å². The van der Waals surface area contributed by atoms with Crippen molar-refractivity contribution in [2.75, 3.05) is 19.4 Å². The quantitative estimate of drug-likeness (QED) is 0.570. The molecular formula is C22H24N2O6S. The predicted molar refractivity (Wildman–Crippen MR) is 115 cm³/mol. The number of fused-ring (bicyclic) bond motifs is 2. The second-order valence-electron chi connectivity index (χ2n) is 8.51. The number of imide groups is 1. The topological polar surface area (TPSA) is 108 Å². The summed E-state index contributed by atoms with van der Waals surface area (Å²) in [4.78, 5) is 40.4. The van der Waals surface area contributed by atoms with E-state index in [2.05, 4.69) is 0 Å². The number of rotatable bonds is 4.